The van der Waals surface area contributed by atoms with Gasteiger partial charge in [-0.15, -0.1) is 11.3 Å². The number of fused-ring (bicyclic) bond motifs is 1. The Hall–Kier alpha value is -2.89. The standard InChI is InChI=1S/C21H15ClN2O2S/c1-26-18-7-4-5-13(20(18)25)12-23-14-9-10-16(22)15(11-14)21-24-17-6-2-3-8-19(17)27-21/h2-12,25H,1H3. The number of aromatic nitrogens is 1. The summed E-state index contributed by atoms with van der Waals surface area (Å²) in [5, 5.41) is 11.7. The summed E-state index contributed by atoms with van der Waals surface area (Å²) in [6, 6.07) is 18.8. The molecule has 0 saturated carbocycles. The Bertz CT molecular complexity index is 1120. The van der Waals surface area contributed by atoms with Crippen LogP contribution in [0, 0.1) is 0 Å². The van der Waals surface area contributed by atoms with Crippen LogP contribution in [0.15, 0.2) is 65.7 Å². The van der Waals surface area contributed by atoms with E-state index in [4.69, 9.17) is 16.3 Å². The number of phenols is 1. The SMILES string of the molecule is COc1cccc(C=Nc2ccc(Cl)c(-c3nc4ccccc4s3)c2)c1O. The van der Waals surface area contributed by atoms with E-state index in [0.717, 1.165) is 26.5 Å². The quantitative estimate of drug-likeness (QED) is 0.426. The first kappa shape index (κ1) is 17.5. The van der Waals surface area contributed by atoms with Gasteiger partial charge in [0.1, 0.15) is 5.01 Å². The van der Waals surface area contributed by atoms with Crippen LogP contribution < -0.4 is 4.74 Å². The number of methoxy groups -OCH3 is 1. The average Bonchev–Trinajstić information content (AvgIpc) is 3.12. The first-order valence-corrected chi connectivity index (χ1v) is 9.40. The molecule has 0 spiro atoms. The number of para-hydroxylation sites is 2. The molecule has 4 rings (SSSR count). The molecule has 3 aromatic carbocycles. The second-order valence-electron chi connectivity index (χ2n) is 5.81. The molecule has 4 aromatic rings. The molecule has 0 aliphatic heterocycles. The van der Waals surface area contributed by atoms with E-state index in [9.17, 15) is 5.11 Å². The van der Waals surface area contributed by atoms with Crippen LogP contribution in [-0.2, 0) is 0 Å². The first-order chi connectivity index (χ1) is 13.2. The highest BCUT2D eigenvalue weighted by Gasteiger charge is 2.11. The number of rotatable bonds is 4. The molecule has 0 aliphatic rings. The van der Waals surface area contributed by atoms with Gasteiger partial charge in [-0.05, 0) is 42.5 Å². The molecule has 1 heterocycles. The first-order valence-electron chi connectivity index (χ1n) is 8.21. The lowest BCUT2D eigenvalue weighted by Crippen LogP contribution is -1.88. The second-order valence-corrected chi connectivity index (χ2v) is 7.25. The summed E-state index contributed by atoms with van der Waals surface area (Å²) < 4.78 is 6.23. The van der Waals surface area contributed by atoms with Crippen LogP contribution in [0.4, 0.5) is 5.69 Å². The third-order valence-corrected chi connectivity index (χ3v) is 5.48. The Labute approximate surface area is 165 Å². The van der Waals surface area contributed by atoms with Gasteiger partial charge in [-0.2, -0.15) is 0 Å². The van der Waals surface area contributed by atoms with Crippen LogP contribution in [0.3, 0.4) is 0 Å². The summed E-state index contributed by atoms with van der Waals surface area (Å²) in [6.45, 7) is 0. The number of phenolic OH excluding ortho intramolecular Hbond substituents is 1. The lowest BCUT2D eigenvalue weighted by Gasteiger charge is -2.05. The van der Waals surface area contributed by atoms with Gasteiger partial charge in [0, 0.05) is 17.3 Å². The fourth-order valence-corrected chi connectivity index (χ4v) is 3.96. The molecule has 0 bridgehead atoms. The lowest BCUT2D eigenvalue weighted by atomic mass is 10.2. The summed E-state index contributed by atoms with van der Waals surface area (Å²) >= 11 is 7.99. The fourth-order valence-electron chi connectivity index (χ4n) is 2.70. The Morgan fingerprint density at radius 1 is 1.11 bits per heavy atom. The number of aromatic hydroxyl groups is 1. The van der Waals surface area contributed by atoms with Gasteiger partial charge in [-0.25, -0.2) is 4.98 Å². The largest absolute Gasteiger partial charge is 0.504 e. The molecule has 0 amide bonds. The highest BCUT2D eigenvalue weighted by Crippen LogP contribution is 2.36. The summed E-state index contributed by atoms with van der Waals surface area (Å²) in [7, 11) is 1.51. The molecule has 27 heavy (non-hydrogen) atoms. The van der Waals surface area contributed by atoms with E-state index in [1.165, 1.54) is 7.11 Å². The van der Waals surface area contributed by atoms with Crippen molar-refractivity contribution in [2.75, 3.05) is 7.11 Å². The van der Waals surface area contributed by atoms with Crippen molar-refractivity contribution in [2.24, 2.45) is 4.99 Å². The molecule has 1 aromatic heterocycles. The molecule has 1 N–H and O–H groups in total. The van der Waals surface area contributed by atoms with Crippen molar-refractivity contribution < 1.29 is 9.84 Å². The highest BCUT2D eigenvalue weighted by atomic mass is 35.5. The number of thiazole rings is 1. The highest BCUT2D eigenvalue weighted by molar-refractivity contribution is 7.21. The Morgan fingerprint density at radius 2 is 1.96 bits per heavy atom. The van der Waals surface area contributed by atoms with Crippen LogP contribution in [0.5, 0.6) is 11.5 Å². The Morgan fingerprint density at radius 3 is 2.78 bits per heavy atom. The Kier molecular flexibility index (Phi) is 4.79. The summed E-state index contributed by atoms with van der Waals surface area (Å²) in [4.78, 5) is 9.14. The number of nitrogens with zero attached hydrogens (tertiary/aromatic N) is 2. The number of halogens is 1. The Balaban J connectivity index is 1.70. The van der Waals surface area contributed by atoms with E-state index in [0.29, 0.717) is 16.3 Å². The molecule has 0 fully saturated rings. The van der Waals surface area contributed by atoms with Crippen molar-refractivity contribution in [2.45, 2.75) is 0 Å². The fraction of sp³-hybridized carbons (Fsp3) is 0.0476. The third kappa shape index (κ3) is 3.52. The number of hydrogen-bond acceptors (Lipinski definition) is 5. The zero-order chi connectivity index (χ0) is 18.8. The minimum atomic E-state index is 0.0594. The smallest absolute Gasteiger partial charge is 0.166 e. The van der Waals surface area contributed by atoms with E-state index < -0.39 is 0 Å². The van der Waals surface area contributed by atoms with Gasteiger partial charge in [-0.3, -0.25) is 4.99 Å². The normalized spacial score (nSPS) is 11.3. The zero-order valence-corrected chi connectivity index (χ0v) is 16.0. The third-order valence-electron chi connectivity index (χ3n) is 4.08. The molecule has 6 heteroatoms. The van der Waals surface area contributed by atoms with Crippen LogP contribution in [0.1, 0.15) is 5.56 Å². The van der Waals surface area contributed by atoms with Crippen LogP contribution in [0.25, 0.3) is 20.8 Å². The lowest BCUT2D eigenvalue weighted by molar-refractivity contribution is 0.373. The summed E-state index contributed by atoms with van der Waals surface area (Å²) in [5.41, 5.74) is 3.08. The topological polar surface area (TPSA) is 54.7 Å². The van der Waals surface area contributed by atoms with Crippen LogP contribution in [-0.4, -0.2) is 23.4 Å². The molecular formula is C21H15ClN2O2S. The molecular weight excluding hydrogens is 380 g/mol. The van der Waals surface area contributed by atoms with Gasteiger partial charge in [0.25, 0.3) is 0 Å². The predicted molar refractivity (Wildman–Crippen MR) is 112 cm³/mol. The number of benzene rings is 3. The minimum absolute atomic E-state index is 0.0594. The number of ether oxygens (including phenoxy) is 1. The number of hydrogen-bond donors (Lipinski definition) is 1. The summed E-state index contributed by atoms with van der Waals surface area (Å²) in [6.07, 6.45) is 1.60. The van der Waals surface area contributed by atoms with Gasteiger partial charge >= 0.3 is 0 Å². The van der Waals surface area contributed by atoms with Gasteiger partial charge in [0.15, 0.2) is 11.5 Å². The maximum Gasteiger partial charge on any atom is 0.166 e. The predicted octanol–water partition coefficient (Wildman–Crippen LogP) is 6.08. The van der Waals surface area contributed by atoms with Crippen molar-refractivity contribution in [3.05, 3.63) is 71.2 Å². The second kappa shape index (κ2) is 7.39. The zero-order valence-electron chi connectivity index (χ0n) is 14.4. The molecule has 0 saturated heterocycles. The van der Waals surface area contributed by atoms with Gasteiger partial charge in [-0.1, -0.05) is 29.8 Å². The van der Waals surface area contributed by atoms with Gasteiger partial charge in [0.2, 0.25) is 0 Å². The van der Waals surface area contributed by atoms with E-state index >= 15 is 0 Å². The maximum atomic E-state index is 10.2. The van der Waals surface area contributed by atoms with Gasteiger partial charge < -0.3 is 9.84 Å². The van der Waals surface area contributed by atoms with Crippen molar-refractivity contribution in [3.63, 3.8) is 0 Å². The van der Waals surface area contributed by atoms with Crippen LogP contribution >= 0.6 is 22.9 Å². The van der Waals surface area contributed by atoms with E-state index in [-0.39, 0.29) is 5.75 Å². The molecule has 134 valence electrons. The molecule has 0 aliphatic carbocycles. The van der Waals surface area contributed by atoms with Crippen LogP contribution in [0.2, 0.25) is 5.02 Å². The minimum Gasteiger partial charge on any atom is -0.504 e. The molecule has 4 nitrogen and oxygen atoms in total. The van der Waals surface area contributed by atoms with Gasteiger partial charge in [0.05, 0.1) is 28.0 Å². The summed E-state index contributed by atoms with van der Waals surface area (Å²) in [5.74, 6) is 0.467. The van der Waals surface area contributed by atoms with Crippen molar-refractivity contribution in [1.82, 2.24) is 4.98 Å². The monoisotopic (exact) mass is 394 g/mol. The molecule has 0 unspecified atom stereocenters. The number of aliphatic imine (C=N–C) groups is 1. The van der Waals surface area contributed by atoms with Crippen molar-refractivity contribution >= 4 is 45.1 Å². The van der Waals surface area contributed by atoms with E-state index in [2.05, 4.69) is 9.98 Å². The van der Waals surface area contributed by atoms with E-state index in [1.807, 2.05) is 36.4 Å². The maximum absolute atomic E-state index is 10.2. The van der Waals surface area contributed by atoms with Crippen molar-refractivity contribution in [1.29, 1.82) is 0 Å². The average molecular weight is 395 g/mol. The molecule has 0 radical (unpaired) electrons. The van der Waals surface area contributed by atoms with Crippen molar-refractivity contribution in [3.8, 4) is 22.1 Å². The van der Waals surface area contributed by atoms with E-state index in [1.54, 1.807) is 41.8 Å². The molecule has 0 atom stereocenters.